The van der Waals surface area contributed by atoms with Crippen molar-refractivity contribution >= 4 is 12.0 Å². The van der Waals surface area contributed by atoms with Gasteiger partial charge in [-0.25, -0.2) is 0 Å². The van der Waals surface area contributed by atoms with Gasteiger partial charge in [-0.3, -0.25) is 4.79 Å². The molecule has 0 aliphatic carbocycles. The molecule has 0 bridgehead atoms. The molecular formula is C13H18N2O. The number of carbonyl (C=O) groups is 1. The Kier molecular flexibility index (Phi) is 5.29. The number of hydrogen-bond acceptors (Lipinski definition) is 2. The molecule has 0 heterocycles. The van der Waals surface area contributed by atoms with Crippen molar-refractivity contribution in [2.75, 3.05) is 6.54 Å². The molecule has 0 aliphatic rings. The van der Waals surface area contributed by atoms with Crippen LogP contribution in [-0.2, 0) is 11.3 Å². The van der Waals surface area contributed by atoms with Gasteiger partial charge in [-0.2, -0.15) is 0 Å². The maximum Gasteiger partial charge on any atom is 0.216 e. The molecule has 3 heteroatoms. The summed E-state index contributed by atoms with van der Waals surface area (Å²) in [6.45, 7) is 2.79. The molecule has 0 unspecified atom stereocenters. The summed E-state index contributed by atoms with van der Waals surface area (Å²) in [5.41, 5.74) is 7.80. The van der Waals surface area contributed by atoms with E-state index in [0.29, 0.717) is 13.1 Å². The van der Waals surface area contributed by atoms with Crippen molar-refractivity contribution in [2.45, 2.75) is 19.9 Å². The van der Waals surface area contributed by atoms with Crippen LogP contribution < -0.4 is 11.1 Å². The van der Waals surface area contributed by atoms with Crippen LogP contribution in [0.1, 0.15) is 24.5 Å². The van der Waals surface area contributed by atoms with Gasteiger partial charge < -0.3 is 11.1 Å². The van der Waals surface area contributed by atoms with E-state index in [-0.39, 0.29) is 5.91 Å². The molecule has 0 atom stereocenters. The fourth-order valence-electron chi connectivity index (χ4n) is 1.32. The van der Waals surface area contributed by atoms with Crippen LogP contribution in [-0.4, -0.2) is 12.5 Å². The Balaban J connectivity index is 2.35. The first-order valence-electron chi connectivity index (χ1n) is 5.42. The van der Waals surface area contributed by atoms with E-state index in [9.17, 15) is 4.79 Å². The van der Waals surface area contributed by atoms with Gasteiger partial charge in [0.2, 0.25) is 5.91 Å². The summed E-state index contributed by atoms with van der Waals surface area (Å²) in [7, 11) is 0. The predicted molar refractivity (Wildman–Crippen MR) is 66.7 cm³/mol. The van der Waals surface area contributed by atoms with Crippen LogP contribution in [0.15, 0.2) is 30.3 Å². The zero-order valence-corrected chi connectivity index (χ0v) is 9.57. The molecule has 1 amide bonds. The Morgan fingerprint density at radius 3 is 2.62 bits per heavy atom. The molecule has 3 N–H and O–H groups in total. The molecule has 3 nitrogen and oxygen atoms in total. The van der Waals surface area contributed by atoms with Crippen molar-refractivity contribution in [1.29, 1.82) is 0 Å². The first-order chi connectivity index (χ1) is 7.72. The lowest BCUT2D eigenvalue weighted by Crippen LogP contribution is -2.20. The molecule has 0 aromatic heterocycles. The smallest absolute Gasteiger partial charge is 0.216 e. The number of hydrogen-bond donors (Lipinski definition) is 2. The summed E-state index contributed by atoms with van der Waals surface area (Å²) in [4.78, 5) is 10.6. The number of amides is 1. The summed E-state index contributed by atoms with van der Waals surface area (Å²) in [6.07, 6.45) is 4.94. The standard InChI is InChI=1S/C13H18N2O/c1-11(16)15-9-3-2-4-12-5-7-13(10-14)8-6-12/h2,4-8H,3,9-10,14H2,1H3,(H,15,16). The second-order valence-corrected chi connectivity index (χ2v) is 3.62. The van der Waals surface area contributed by atoms with E-state index in [1.807, 2.05) is 36.4 Å². The monoisotopic (exact) mass is 218 g/mol. The minimum atomic E-state index is 0.0145. The molecule has 0 spiro atoms. The van der Waals surface area contributed by atoms with Gasteiger partial charge in [-0.15, -0.1) is 0 Å². The van der Waals surface area contributed by atoms with E-state index in [0.717, 1.165) is 17.5 Å². The lowest BCUT2D eigenvalue weighted by atomic mass is 10.1. The zero-order chi connectivity index (χ0) is 11.8. The van der Waals surface area contributed by atoms with Crippen molar-refractivity contribution in [2.24, 2.45) is 5.73 Å². The highest BCUT2D eigenvalue weighted by Crippen LogP contribution is 2.05. The lowest BCUT2D eigenvalue weighted by Gasteiger charge is -1.98. The molecular weight excluding hydrogens is 200 g/mol. The third kappa shape index (κ3) is 4.75. The number of rotatable bonds is 5. The maximum absolute atomic E-state index is 10.6. The Labute approximate surface area is 96.3 Å². The highest BCUT2D eigenvalue weighted by Gasteiger charge is 1.90. The third-order valence-electron chi connectivity index (χ3n) is 2.21. The van der Waals surface area contributed by atoms with E-state index >= 15 is 0 Å². The largest absolute Gasteiger partial charge is 0.356 e. The van der Waals surface area contributed by atoms with Gasteiger partial charge in [0.25, 0.3) is 0 Å². The molecule has 0 saturated heterocycles. The van der Waals surface area contributed by atoms with Crippen molar-refractivity contribution in [3.05, 3.63) is 41.5 Å². The number of benzene rings is 1. The number of nitrogens with one attached hydrogen (secondary N) is 1. The molecule has 1 rings (SSSR count). The molecule has 86 valence electrons. The molecule has 0 saturated carbocycles. The summed E-state index contributed by atoms with van der Waals surface area (Å²) >= 11 is 0. The van der Waals surface area contributed by atoms with E-state index in [1.165, 1.54) is 6.92 Å². The van der Waals surface area contributed by atoms with E-state index in [4.69, 9.17) is 5.73 Å². The van der Waals surface area contributed by atoms with Crippen molar-refractivity contribution in [3.63, 3.8) is 0 Å². The second-order valence-electron chi connectivity index (χ2n) is 3.62. The van der Waals surface area contributed by atoms with Gasteiger partial charge in [0, 0.05) is 20.0 Å². The van der Waals surface area contributed by atoms with Crippen LogP contribution in [0.3, 0.4) is 0 Å². The molecule has 0 fully saturated rings. The fraction of sp³-hybridized carbons (Fsp3) is 0.308. The van der Waals surface area contributed by atoms with Crippen LogP contribution in [0.4, 0.5) is 0 Å². The van der Waals surface area contributed by atoms with Crippen LogP contribution in [0.25, 0.3) is 6.08 Å². The lowest BCUT2D eigenvalue weighted by molar-refractivity contribution is -0.118. The Bertz CT molecular complexity index is 355. The Hall–Kier alpha value is -1.61. The first kappa shape index (κ1) is 12.5. The van der Waals surface area contributed by atoms with Gasteiger partial charge >= 0.3 is 0 Å². The van der Waals surface area contributed by atoms with Crippen molar-refractivity contribution in [3.8, 4) is 0 Å². The second kappa shape index (κ2) is 6.80. The maximum atomic E-state index is 10.6. The molecule has 1 aromatic carbocycles. The summed E-state index contributed by atoms with van der Waals surface area (Å²) in [6, 6.07) is 8.12. The molecule has 16 heavy (non-hydrogen) atoms. The topological polar surface area (TPSA) is 55.1 Å². The summed E-state index contributed by atoms with van der Waals surface area (Å²) in [5.74, 6) is 0.0145. The SMILES string of the molecule is CC(=O)NCCC=Cc1ccc(CN)cc1. The van der Waals surface area contributed by atoms with Gasteiger partial charge in [0.15, 0.2) is 0 Å². The highest BCUT2D eigenvalue weighted by molar-refractivity contribution is 5.72. The minimum Gasteiger partial charge on any atom is -0.356 e. The third-order valence-corrected chi connectivity index (χ3v) is 2.21. The Morgan fingerprint density at radius 2 is 2.06 bits per heavy atom. The zero-order valence-electron chi connectivity index (χ0n) is 9.57. The number of nitrogens with two attached hydrogens (primary N) is 1. The van der Waals surface area contributed by atoms with E-state index < -0.39 is 0 Å². The highest BCUT2D eigenvalue weighted by atomic mass is 16.1. The molecule has 0 aliphatic heterocycles. The predicted octanol–water partition coefficient (Wildman–Crippen LogP) is 1.68. The van der Waals surface area contributed by atoms with Gasteiger partial charge in [0.1, 0.15) is 0 Å². The van der Waals surface area contributed by atoms with Gasteiger partial charge in [-0.1, -0.05) is 36.4 Å². The van der Waals surface area contributed by atoms with Crippen LogP contribution in [0, 0.1) is 0 Å². The van der Waals surface area contributed by atoms with Gasteiger partial charge in [-0.05, 0) is 17.5 Å². The first-order valence-corrected chi connectivity index (χ1v) is 5.42. The minimum absolute atomic E-state index is 0.0145. The molecule has 1 aromatic rings. The average molecular weight is 218 g/mol. The van der Waals surface area contributed by atoms with E-state index in [1.54, 1.807) is 0 Å². The average Bonchev–Trinajstić information content (AvgIpc) is 2.29. The summed E-state index contributed by atoms with van der Waals surface area (Å²) < 4.78 is 0. The Morgan fingerprint density at radius 1 is 1.38 bits per heavy atom. The normalized spacial score (nSPS) is 10.6. The van der Waals surface area contributed by atoms with Gasteiger partial charge in [0.05, 0.1) is 0 Å². The van der Waals surface area contributed by atoms with Crippen molar-refractivity contribution in [1.82, 2.24) is 5.32 Å². The quantitative estimate of drug-likeness (QED) is 0.739. The number of carbonyl (C=O) groups excluding carboxylic acids is 1. The molecule has 0 radical (unpaired) electrons. The van der Waals surface area contributed by atoms with Crippen LogP contribution >= 0.6 is 0 Å². The van der Waals surface area contributed by atoms with Crippen molar-refractivity contribution < 1.29 is 4.79 Å². The van der Waals surface area contributed by atoms with Crippen LogP contribution in [0.2, 0.25) is 0 Å². The fourth-order valence-corrected chi connectivity index (χ4v) is 1.32. The van der Waals surface area contributed by atoms with Crippen LogP contribution in [0.5, 0.6) is 0 Å². The van der Waals surface area contributed by atoms with E-state index in [2.05, 4.69) is 5.32 Å². The summed E-state index contributed by atoms with van der Waals surface area (Å²) in [5, 5.41) is 2.74.